The van der Waals surface area contributed by atoms with Gasteiger partial charge in [0.25, 0.3) is 11.1 Å². The molecule has 10 nitrogen and oxygen atoms in total. The minimum absolute atomic E-state index is 0.0334. The second-order valence-electron chi connectivity index (χ2n) is 7.98. The van der Waals surface area contributed by atoms with E-state index in [1.165, 1.54) is 0 Å². The molecule has 1 aromatic heterocycles. The Kier molecular flexibility index (Phi) is 8.95. The summed E-state index contributed by atoms with van der Waals surface area (Å²) in [4.78, 5) is 39.6. The van der Waals surface area contributed by atoms with Crippen molar-refractivity contribution in [1.82, 2.24) is 14.8 Å². The van der Waals surface area contributed by atoms with Gasteiger partial charge in [-0.25, -0.2) is 14.6 Å². The number of piperidine rings is 2. The van der Waals surface area contributed by atoms with Crippen molar-refractivity contribution in [2.45, 2.75) is 37.8 Å². The van der Waals surface area contributed by atoms with Crippen LogP contribution in [0.2, 0.25) is 0 Å². The van der Waals surface area contributed by atoms with E-state index in [9.17, 15) is 4.79 Å². The monoisotopic (exact) mass is 486 g/mol. The lowest BCUT2D eigenvalue weighted by atomic mass is 9.98. The summed E-state index contributed by atoms with van der Waals surface area (Å²) in [7, 11) is 0. The van der Waals surface area contributed by atoms with E-state index in [1.807, 2.05) is 10.3 Å². The van der Waals surface area contributed by atoms with Gasteiger partial charge in [-0.1, -0.05) is 17.4 Å². The number of carbonyl (C=O) groups excluding carboxylic acids is 1. The number of nitriles is 1. The van der Waals surface area contributed by atoms with Crippen molar-refractivity contribution in [3.63, 3.8) is 0 Å². The van der Waals surface area contributed by atoms with Crippen LogP contribution in [-0.2, 0) is 9.59 Å². The predicted octanol–water partition coefficient (Wildman–Crippen LogP) is 2.32. The highest BCUT2D eigenvalue weighted by atomic mass is 32.1. The molecule has 2 aliphatic heterocycles. The number of hydrogen-bond acceptors (Lipinski definition) is 8. The number of carboxylic acid groups (broad SMARTS) is 2. The SMILES string of the molecule is N#Cc1cccc(C(=O)N2CCC(N3CCC(Oc4nccs4)CC3)CC2)c1.O=C(O)C(=O)O. The number of rotatable bonds is 4. The minimum Gasteiger partial charge on any atom is -0.473 e. The number of carboxylic acids is 2. The third kappa shape index (κ3) is 7.00. The van der Waals surface area contributed by atoms with Gasteiger partial charge in [0, 0.05) is 49.4 Å². The predicted molar refractivity (Wildman–Crippen MR) is 123 cm³/mol. The highest BCUT2D eigenvalue weighted by Gasteiger charge is 2.30. The van der Waals surface area contributed by atoms with E-state index in [1.54, 1.807) is 41.8 Å². The Hall–Kier alpha value is -3.49. The zero-order valence-corrected chi connectivity index (χ0v) is 19.3. The second-order valence-corrected chi connectivity index (χ2v) is 8.83. The fourth-order valence-corrected chi connectivity index (χ4v) is 4.66. The van der Waals surface area contributed by atoms with Gasteiger partial charge < -0.3 is 19.8 Å². The molecule has 2 N–H and O–H groups in total. The third-order valence-electron chi connectivity index (χ3n) is 5.84. The summed E-state index contributed by atoms with van der Waals surface area (Å²) in [5, 5.41) is 26.5. The highest BCUT2D eigenvalue weighted by molar-refractivity contribution is 7.11. The molecule has 0 radical (unpaired) electrons. The number of aliphatic carboxylic acids is 2. The van der Waals surface area contributed by atoms with E-state index in [-0.39, 0.29) is 12.0 Å². The molecule has 2 aromatic rings. The molecule has 34 heavy (non-hydrogen) atoms. The van der Waals surface area contributed by atoms with Crippen LogP contribution in [0.15, 0.2) is 35.8 Å². The van der Waals surface area contributed by atoms with Crippen molar-refractivity contribution in [2.75, 3.05) is 26.2 Å². The largest absolute Gasteiger partial charge is 0.473 e. The van der Waals surface area contributed by atoms with Crippen molar-refractivity contribution in [3.05, 3.63) is 47.0 Å². The fraction of sp³-hybridized carbons (Fsp3) is 0.435. The van der Waals surface area contributed by atoms with Crippen molar-refractivity contribution in [3.8, 4) is 11.3 Å². The number of aromatic nitrogens is 1. The molecule has 180 valence electrons. The molecule has 2 saturated heterocycles. The first kappa shape index (κ1) is 25.1. The molecule has 2 aliphatic rings. The number of hydrogen-bond donors (Lipinski definition) is 2. The van der Waals surface area contributed by atoms with Gasteiger partial charge in [-0.2, -0.15) is 5.26 Å². The first-order valence-electron chi connectivity index (χ1n) is 10.9. The molecule has 0 unspecified atom stereocenters. The Morgan fingerprint density at radius 3 is 2.29 bits per heavy atom. The maximum atomic E-state index is 12.7. The van der Waals surface area contributed by atoms with Crippen LogP contribution in [0.4, 0.5) is 0 Å². The summed E-state index contributed by atoms with van der Waals surface area (Å²) in [6.45, 7) is 3.63. The van der Waals surface area contributed by atoms with Gasteiger partial charge in [0.1, 0.15) is 6.10 Å². The Balaban J connectivity index is 0.000000481. The summed E-state index contributed by atoms with van der Waals surface area (Å²) in [6, 6.07) is 9.62. The van der Waals surface area contributed by atoms with Crippen LogP contribution >= 0.6 is 11.3 Å². The first-order chi connectivity index (χ1) is 16.4. The van der Waals surface area contributed by atoms with Crippen LogP contribution in [0.25, 0.3) is 0 Å². The lowest BCUT2D eigenvalue weighted by Gasteiger charge is -2.41. The fourth-order valence-electron chi connectivity index (χ4n) is 4.11. The molecule has 4 rings (SSSR count). The quantitative estimate of drug-likeness (QED) is 0.622. The van der Waals surface area contributed by atoms with E-state index in [4.69, 9.17) is 29.8 Å². The Labute approximate surface area is 201 Å². The number of benzene rings is 1. The molecule has 0 aliphatic carbocycles. The second kappa shape index (κ2) is 12.1. The minimum atomic E-state index is -1.82. The summed E-state index contributed by atoms with van der Waals surface area (Å²) < 4.78 is 5.95. The van der Waals surface area contributed by atoms with E-state index in [0.717, 1.165) is 57.1 Å². The molecule has 0 saturated carbocycles. The Bertz CT molecular complexity index is 1010. The molecule has 0 bridgehead atoms. The van der Waals surface area contributed by atoms with E-state index >= 15 is 0 Å². The molecule has 1 amide bonds. The molecule has 3 heterocycles. The van der Waals surface area contributed by atoms with Gasteiger partial charge in [-0.15, -0.1) is 0 Å². The maximum absolute atomic E-state index is 12.7. The average molecular weight is 487 g/mol. The van der Waals surface area contributed by atoms with Crippen LogP contribution in [0, 0.1) is 11.3 Å². The lowest BCUT2D eigenvalue weighted by molar-refractivity contribution is -0.159. The number of carbonyl (C=O) groups is 3. The molecular formula is C23H26N4O6S. The van der Waals surface area contributed by atoms with Crippen molar-refractivity contribution >= 4 is 29.2 Å². The van der Waals surface area contributed by atoms with Crippen LogP contribution in [0.5, 0.6) is 5.19 Å². The molecular weight excluding hydrogens is 460 g/mol. The summed E-state index contributed by atoms with van der Waals surface area (Å²) >= 11 is 1.55. The van der Waals surface area contributed by atoms with Gasteiger partial charge in [-0.3, -0.25) is 9.69 Å². The summed E-state index contributed by atoms with van der Waals surface area (Å²) in [5.74, 6) is -3.61. The zero-order valence-electron chi connectivity index (χ0n) is 18.5. The standard InChI is InChI=1S/C21H24N4O2S.C2H2O4/c22-15-16-2-1-3-17(14-16)20(26)25-9-4-18(5-10-25)24-11-6-19(7-12-24)27-21-23-8-13-28-21;3-1(4)2(5)6/h1-3,8,13-14,18-19H,4-7,9-12H2;(H,3,4)(H,5,6). The number of amides is 1. The van der Waals surface area contributed by atoms with Gasteiger partial charge in [0.2, 0.25) is 0 Å². The van der Waals surface area contributed by atoms with Crippen molar-refractivity contribution < 1.29 is 29.3 Å². The third-order valence-corrected chi connectivity index (χ3v) is 6.50. The molecule has 11 heteroatoms. The number of ether oxygens (including phenoxy) is 1. The maximum Gasteiger partial charge on any atom is 0.414 e. The topological polar surface area (TPSA) is 144 Å². The van der Waals surface area contributed by atoms with E-state index < -0.39 is 11.9 Å². The molecule has 0 atom stereocenters. The number of nitrogens with zero attached hydrogens (tertiary/aromatic N) is 4. The normalized spacial score (nSPS) is 17.2. The highest BCUT2D eigenvalue weighted by Crippen LogP contribution is 2.25. The first-order valence-corrected chi connectivity index (χ1v) is 11.8. The van der Waals surface area contributed by atoms with Gasteiger partial charge in [-0.05, 0) is 43.9 Å². The van der Waals surface area contributed by atoms with Crippen LogP contribution in [-0.4, -0.2) is 81.2 Å². The Morgan fingerprint density at radius 2 is 1.74 bits per heavy atom. The zero-order chi connectivity index (χ0) is 24.5. The van der Waals surface area contributed by atoms with Crippen LogP contribution in [0.1, 0.15) is 41.6 Å². The molecule has 0 spiro atoms. The smallest absolute Gasteiger partial charge is 0.414 e. The van der Waals surface area contributed by atoms with Crippen LogP contribution in [0.3, 0.4) is 0 Å². The van der Waals surface area contributed by atoms with E-state index in [2.05, 4.69) is 16.0 Å². The van der Waals surface area contributed by atoms with Crippen molar-refractivity contribution in [2.24, 2.45) is 0 Å². The number of likely N-dealkylation sites (tertiary alicyclic amines) is 2. The molecule has 2 fully saturated rings. The lowest BCUT2D eigenvalue weighted by Crippen LogP contribution is -2.50. The summed E-state index contributed by atoms with van der Waals surface area (Å²) in [6.07, 6.45) is 6.10. The van der Waals surface area contributed by atoms with Crippen LogP contribution < -0.4 is 4.74 Å². The van der Waals surface area contributed by atoms with E-state index in [0.29, 0.717) is 17.2 Å². The summed E-state index contributed by atoms with van der Waals surface area (Å²) in [5.41, 5.74) is 1.14. The number of thiazole rings is 1. The van der Waals surface area contributed by atoms with Gasteiger partial charge >= 0.3 is 11.9 Å². The van der Waals surface area contributed by atoms with Gasteiger partial charge in [0.05, 0.1) is 11.6 Å². The van der Waals surface area contributed by atoms with Gasteiger partial charge in [0.15, 0.2) is 0 Å². The average Bonchev–Trinajstić information content (AvgIpc) is 3.37. The Morgan fingerprint density at radius 1 is 1.06 bits per heavy atom. The molecule has 1 aromatic carbocycles. The van der Waals surface area contributed by atoms with Crippen molar-refractivity contribution in [1.29, 1.82) is 5.26 Å².